The predicted molar refractivity (Wildman–Crippen MR) is 153 cm³/mol. The first-order valence-electron chi connectivity index (χ1n) is 11.5. The van der Waals surface area contributed by atoms with E-state index >= 15 is 0 Å². The van der Waals surface area contributed by atoms with E-state index in [-0.39, 0.29) is 0 Å². The molecule has 4 aromatic carbocycles. The second kappa shape index (κ2) is 10.4. The molecule has 0 unspecified atom stereocenters. The summed E-state index contributed by atoms with van der Waals surface area (Å²) in [6.45, 7) is 2.10. The molecule has 0 spiro atoms. The number of aromatic nitrogens is 2. The molecule has 0 atom stereocenters. The molecule has 5 heteroatoms. The summed E-state index contributed by atoms with van der Waals surface area (Å²) in [4.78, 5) is 9.64. The van der Waals surface area contributed by atoms with E-state index in [9.17, 15) is 0 Å². The number of hydrogen-bond donors (Lipinski definition) is 1. The SMILES string of the molecule is CSc1ncnc(Nc2ccc(C)cc2)c1[P+](c1ccccc1)(c1ccccc1)c1ccccc1. The van der Waals surface area contributed by atoms with Crippen molar-refractivity contribution in [2.24, 2.45) is 0 Å². The second-order valence-electron chi connectivity index (χ2n) is 8.25. The first-order chi connectivity index (χ1) is 17.2. The lowest BCUT2D eigenvalue weighted by atomic mass is 10.2. The molecule has 1 heterocycles. The topological polar surface area (TPSA) is 37.8 Å². The number of anilines is 2. The molecule has 0 aliphatic rings. The minimum absolute atomic E-state index is 0.845. The molecule has 0 saturated heterocycles. The Balaban J connectivity index is 1.89. The summed E-state index contributed by atoms with van der Waals surface area (Å²) in [7, 11) is -2.35. The van der Waals surface area contributed by atoms with Gasteiger partial charge in [-0.15, -0.1) is 11.8 Å². The van der Waals surface area contributed by atoms with Crippen LogP contribution in [0.1, 0.15) is 5.56 Å². The van der Waals surface area contributed by atoms with Crippen LogP contribution in [-0.2, 0) is 0 Å². The first kappa shape index (κ1) is 23.3. The molecule has 0 radical (unpaired) electrons. The summed E-state index contributed by atoms with van der Waals surface area (Å²) in [5.74, 6) is 0.845. The standard InChI is InChI=1S/C30H27N3PS/c1-23-18-20-24(21-19-23)33-29-28(30(35-2)32-22-31-29)34(25-12-6-3-7-13-25,26-14-8-4-9-15-26)27-16-10-5-11-17-27/h3-22H,1-2H3,(H,31,32,33)/q+1. The lowest BCUT2D eigenvalue weighted by molar-refractivity contribution is 1.08. The lowest BCUT2D eigenvalue weighted by Gasteiger charge is -2.29. The molecular formula is C30H27N3PS+. The average molecular weight is 493 g/mol. The summed E-state index contributed by atoms with van der Waals surface area (Å²) in [6.07, 6.45) is 3.76. The van der Waals surface area contributed by atoms with Crippen LogP contribution in [-0.4, -0.2) is 16.2 Å². The van der Waals surface area contributed by atoms with Gasteiger partial charge in [0.05, 0.1) is 0 Å². The van der Waals surface area contributed by atoms with E-state index < -0.39 is 7.26 Å². The largest absolute Gasteiger partial charge is 0.337 e. The molecule has 0 aliphatic heterocycles. The quantitative estimate of drug-likeness (QED) is 0.175. The molecule has 5 rings (SSSR count). The van der Waals surface area contributed by atoms with Gasteiger partial charge in [0.1, 0.15) is 27.3 Å². The van der Waals surface area contributed by atoms with E-state index in [2.05, 4.69) is 134 Å². The number of hydrogen-bond acceptors (Lipinski definition) is 4. The van der Waals surface area contributed by atoms with Gasteiger partial charge in [-0.3, -0.25) is 0 Å². The summed E-state index contributed by atoms with van der Waals surface area (Å²) in [6, 6.07) is 41.0. The zero-order valence-electron chi connectivity index (χ0n) is 19.8. The fourth-order valence-corrected chi connectivity index (χ4v) is 9.90. The monoisotopic (exact) mass is 492 g/mol. The first-order valence-corrected chi connectivity index (χ1v) is 14.5. The smallest absolute Gasteiger partial charge is 0.184 e. The van der Waals surface area contributed by atoms with Crippen LogP contribution in [0.4, 0.5) is 11.5 Å². The van der Waals surface area contributed by atoms with Crippen LogP contribution in [0.25, 0.3) is 0 Å². The van der Waals surface area contributed by atoms with Gasteiger partial charge in [0.15, 0.2) is 18.4 Å². The molecular weight excluding hydrogens is 465 g/mol. The number of nitrogens with one attached hydrogen (secondary N) is 1. The highest BCUT2D eigenvalue weighted by molar-refractivity contribution is 8.04. The number of rotatable bonds is 7. The van der Waals surface area contributed by atoms with Crippen molar-refractivity contribution in [2.75, 3.05) is 11.6 Å². The minimum atomic E-state index is -2.35. The zero-order chi connectivity index (χ0) is 24.1. The third-order valence-electron chi connectivity index (χ3n) is 6.06. The van der Waals surface area contributed by atoms with Crippen molar-refractivity contribution in [3.63, 3.8) is 0 Å². The Bertz CT molecular complexity index is 1300. The van der Waals surface area contributed by atoms with Crippen molar-refractivity contribution < 1.29 is 0 Å². The van der Waals surface area contributed by atoms with Gasteiger partial charge < -0.3 is 5.32 Å². The van der Waals surface area contributed by atoms with Gasteiger partial charge in [0.2, 0.25) is 0 Å². The average Bonchev–Trinajstić information content (AvgIpc) is 2.93. The predicted octanol–water partition coefficient (Wildman–Crippen LogP) is 5.87. The van der Waals surface area contributed by atoms with E-state index in [1.54, 1.807) is 18.1 Å². The van der Waals surface area contributed by atoms with Crippen molar-refractivity contribution in [3.8, 4) is 0 Å². The van der Waals surface area contributed by atoms with E-state index in [1.807, 2.05) is 0 Å². The van der Waals surface area contributed by atoms with E-state index in [1.165, 1.54) is 21.5 Å². The molecule has 35 heavy (non-hydrogen) atoms. The van der Waals surface area contributed by atoms with Gasteiger partial charge in [-0.2, -0.15) is 0 Å². The van der Waals surface area contributed by atoms with Crippen LogP contribution >= 0.6 is 19.0 Å². The maximum absolute atomic E-state index is 4.84. The Kier molecular flexibility index (Phi) is 6.94. The Morgan fingerprint density at radius 3 is 1.57 bits per heavy atom. The number of aryl methyl sites for hydroxylation is 1. The van der Waals surface area contributed by atoms with Gasteiger partial charge in [-0.25, -0.2) is 9.97 Å². The van der Waals surface area contributed by atoms with Crippen LogP contribution in [0.15, 0.2) is 127 Å². The van der Waals surface area contributed by atoms with Gasteiger partial charge in [-0.1, -0.05) is 72.3 Å². The lowest BCUT2D eigenvalue weighted by Crippen LogP contribution is -2.41. The summed E-state index contributed by atoms with van der Waals surface area (Å²) < 4.78 is 0. The van der Waals surface area contributed by atoms with Crippen LogP contribution in [0.3, 0.4) is 0 Å². The summed E-state index contributed by atoms with van der Waals surface area (Å²) >= 11 is 1.67. The van der Waals surface area contributed by atoms with Crippen molar-refractivity contribution in [3.05, 3.63) is 127 Å². The molecule has 0 amide bonds. The van der Waals surface area contributed by atoms with Crippen LogP contribution in [0.5, 0.6) is 0 Å². The number of nitrogens with zero attached hydrogens (tertiary/aromatic N) is 2. The van der Waals surface area contributed by atoms with Crippen LogP contribution < -0.4 is 26.5 Å². The molecule has 3 nitrogen and oxygen atoms in total. The maximum Gasteiger partial charge on any atom is 0.184 e. The van der Waals surface area contributed by atoms with Crippen molar-refractivity contribution in [1.29, 1.82) is 0 Å². The van der Waals surface area contributed by atoms with Gasteiger partial charge in [-0.05, 0) is 61.7 Å². The fourth-order valence-electron chi connectivity index (χ4n) is 4.47. The molecule has 1 N–H and O–H groups in total. The molecule has 0 aliphatic carbocycles. The third kappa shape index (κ3) is 4.48. The molecule has 5 aromatic rings. The highest BCUT2D eigenvalue weighted by atomic mass is 32.2. The fraction of sp³-hybridized carbons (Fsp3) is 0.0667. The molecule has 172 valence electrons. The number of thioether (sulfide) groups is 1. The molecule has 0 saturated carbocycles. The van der Waals surface area contributed by atoms with E-state index in [0.717, 1.165) is 21.8 Å². The number of benzene rings is 4. The van der Waals surface area contributed by atoms with E-state index in [4.69, 9.17) is 9.97 Å². The van der Waals surface area contributed by atoms with E-state index in [0.29, 0.717) is 0 Å². The highest BCUT2D eigenvalue weighted by Gasteiger charge is 2.52. The van der Waals surface area contributed by atoms with Crippen molar-refractivity contribution >= 4 is 51.7 Å². The zero-order valence-corrected chi connectivity index (χ0v) is 21.5. The van der Waals surface area contributed by atoms with Crippen LogP contribution in [0, 0.1) is 6.92 Å². The normalized spacial score (nSPS) is 11.3. The van der Waals surface area contributed by atoms with Crippen LogP contribution in [0.2, 0.25) is 0 Å². The van der Waals surface area contributed by atoms with Gasteiger partial charge in [0.25, 0.3) is 0 Å². The Morgan fingerprint density at radius 1 is 0.629 bits per heavy atom. The Labute approximate surface area is 212 Å². The van der Waals surface area contributed by atoms with Gasteiger partial charge in [0, 0.05) is 5.69 Å². The molecule has 1 aromatic heterocycles. The minimum Gasteiger partial charge on any atom is -0.337 e. The molecule has 0 bridgehead atoms. The second-order valence-corrected chi connectivity index (χ2v) is 12.4. The van der Waals surface area contributed by atoms with Gasteiger partial charge >= 0.3 is 0 Å². The third-order valence-corrected chi connectivity index (χ3v) is 11.2. The van der Waals surface area contributed by atoms with Crippen molar-refractivity contribution in [2.45, 2.75) is 11.9 Å². The van der Waals surface area contributed by atoms with Crippen molar-refractivity contribution in [1.82, 2.24) is 9.97 Å². The maximum atomic E-state index is 4.84. The highest BCUT2D eigenvalue weighted by Crippen LogP contribution is 2.57. The Hall–Kier alpha value is -3.46. The summed E-state index contributed by atoms with van der Waals surface area (Å²) in [5.41, 5.74) is 2.23. The Morgan fingerprint density at radius 2 is 1.11 bits per heavy atom. The summed E-state index contributed by atoms with van der Waals surface area (Å²) in [5, 5.41) is 9.61. The molecule has 0 fully saturated rings.